The third kappa shape index (κ3) is 4.06. The van der Waals surface area contributed by atoms with Crippen molar-refractivity contribution >= 4 is 27.5 Å². The molecule has 0 radical (unpaired) electrons. The van der Waals surface area contributed by atoms with Crippen LogP contribution in [0.25, 0.3) is 0 Å². The Morgan fingerprint density at radius 2 is 1.95 bits per heavy atom. The number of hydrogen-bond donors (Lipinski definition) is 1. The standard InChI is InChI=1S/C15H13BrFNO2/c1-10-8-12(4-7-14(10)16)18-15(19)9-20-13-5-2-11(17)3-6-13/h2-8H,9H2,1H3,(H,18,19). The number of halogens is 2. The molecule has 0 aliphatic carbocycles. The molecule has 20 heavy (non-hydrogen) atoms. The minimum absolute atomic E-state index is 0.124. The summed E-state index contributed by atoms with van der Waals surface area (Å²) < 4.78 is 19.0. The maximum Gasteiger partial charge on any atom is 0.262 e. The molecule has 0 saturated heterocycles. The molecular formula is C15H13BrFNO2. The zero-order valence-electron chi connectivity index (χ0n) is 10.8. The fourth-order valence-electron chi connectivity index (χ4n) is 1.60. The van der Waals surface area contributed by atoms with Crippen LogP contribution < -0.4 is 10.1 Å². The summed E-state index contributed by atoms with van der Waals surface area (Å²) in [5.41, 5.74) is 1.74. The minimum Gasteiger partial charge on any atom is -0.484 e. The SMILES string of the molecule is Cc1cc(NC(=O)COc2ccc(F)cc2)ccc1Br. The number of aryl methyl sites for hydroxylation is 1. The Kier molecular flexibility index (Phi) is 4.74. The Morgan fingerprint density at radius 1 is 1.25 bits per heavy atom. The maximum atomic E-state index is 12.7. The predicted molar refractivity (Wildman–Crippen MR) is 79.4 cm³/mol. The van der Waals surface area contributed by atoms with Crippen LogP contribution in [0, 0.1) is 12.7 Å². The fraction of sp³-hybridized carbons (Fsp3) is 0.133. The summed E-state index contributed by atoms with van der Waals surface area (Å²) in [6.07, 6.45) is 0. The molecule has 3 nitrogen and oxygen atoms in total. The van der Waals surface area contributed by atoms with Crippen molar-refractivity contribution in [3.63, 3.8) is 0 Å². The van der Waals surface area contributed by atoms with Crippen molar-refractivity contribution < 1.29 is 13.9 Å². The normalized spacial score (nSPS) is 10.2. The van der Waals surface area contributed by atoms with Crippen molar-refractivity contribution in [3.05, 3.63) is 58.3 Å². The molecule has 1 N–H and O–H groups in total. The molecule has 104 valence electrons. The van der Waals surface area contributed by atoms with E-state index >= 15 is 0 Å². The van der Waals surface area contributed by atoms with Crippen LogP contribution in [0.15, 0.2) is 46.9 Å². The molecule has 0 spiro atoms. The van der Waals surface area contributed by atoms with E-state index < -0.39 is 0 Å². The molecular weight excluding hydrogens is 325 g/mol. The van der Waals surface area contributed by atoms with Crippen LogP contribution in [0.1, 0.15) is 5.56 Å². The van der Waals surface area contributed by atoms with E-state index in [0.29, 0.717) is 11.4 Å². The number of carbonyl (C=O) groups excluding carboxylic acids is 1. The topological polar surface area (TPSA) is 38.3 Å². The summed E-state index contributed by atoms with van der Waals surface area (Å²) in [4.78, 5) is 11.7. The van der Waals surface area contributed by atoms with Crippen LogP contribution in [0.5, 0.6) is 5.75 Å². The number of hydrogen-bond acceptors (Lipinski definition) is 2. The second-order valence-corrected chi connectivity index (χ2v) is 5.11. The quantitative estimate of drug-likeness (QED) is 0.918. The van der Waals surface area contributed by atoms with Crippen molar-refractivity contribution in [2.45, 2.75) is 6.92 Å². The van der Waals surface area contributed by atoms with Gasteiger partial charge in [0.05, 0.1) is 0 Å². The lowest BCUT2D eigenvalue weighted by atomic mass is 10.2. The van der Waals surface area contributed by atoms with Gasteiger partial charge in [-0.2, -0.15) is 0 Å². The number of rotatable bonds is 4. The minimum atomic E-state index is -0.341. The van der Waals surface area contributed by atoms with E-state index in [0.717, 1.165) is 10.0 Å². The van der Waals surface area contributed by atoms with Gasteiger partial charge in [-0.25, -0.2) is 4.39 Å². The summed E-state index contributed by atoms with van der Waals surface area (Å²) in [6.45, 7) is 1.81. The van der Waals surface area contributed by atoms with Crippen LogP contribution in [-0.4, -0.2) is 12.5 Å². The van der Waals surface area contributed by atoms with Gasteiger partial charge in [-0.15, -0.1) is 0 Å². The van der Waals surface area contributed by atoms with Gasteiger partial charge in [-0.05, 0) is 55.0 Å². The van der Waals surface area contributed by atoms with Crippen LogP contribution >= 0.6 is 15.9 Å². The number of nitrogens with one attached hydrogen (secondary N) is 1. The van der Waals surface area contributed by atoms with Gasteiger partial charge < -0.3 is 10.1 Å². The molecule has 0 aliphatic heterocycles. The Balaban J connectivity index is 1.89. The summed E-state index contributed by atoms with van der Waals surface area (Å²) in [5.74, 6) is -0.156. The third-order valence-electron chi connectivity index (χ3n) is 2.63. The summed E-state index contributed by atoms with van der Waals surface area (Å²) in [5, 5.41) is 2.73. The highest BCUT2D eigenvalue weighted by atomic mass is 79.9. The van der Waals surface area contributed by atoms with Crippen LogP contribution in [-0.2, 0) is 4.79 Å². The molecule has 0 bridgehead atoms. The van der Waals surface area contributed by atoms with E-state index in [1.807, 2.05) is 19.1 Å². The Labute approximate surface area is 124 Å². The van der Waals surface area contributed by atoms with Gasteiger partial charge in [-0.1, -0.05) is 15.9 Å². The van der Waals surface area contributed by atoms with Gasteiger partial charge in [0.2, 0.25) is 0 Å². The zero-order valence-corrected chi connectivity index (χ0v) is 12.4. The molecule has 5 heteroatoms. The van der Waals surface area contributed by atoms with Crippen LogP contribution in [0.3, 0.4) is 0 Å². The fourth-order valence-corrected chi connectivity index (χ4v) is 1.85. The van der Waals surface area contributed by atoms with Crippen molar-refractivity contribution in [1.29, 1.82) is 0 Å². The van der Waals surface area contributed by atoms with E-state index in [4.69, 9.17) is 4.74 Å². The molecule has 0 saturated carbocycles. The van der Waals surface area contributed by atoms with Crippen molar-refractivity contribution in [2.75, 3.05) is 11.9 Å². The van der Waals surface area contributed by atoms with Crippen molar-refractivity contribution in [3.8, 4) is 5.75 Å². The Bertz CT molecular complexity index is 614. The first-order chi connectivity index (χ1) is 9.54. The van der Waals surface area contributed by atoms with Gasteiger partial charge in [0.15, 0.2) is 6.61 Å². The van der Waals surface area contributed by atoms with E-state index in [1.165, 1.54) is 24.3 Å². The largest absolute Gasteiger partial charge is 0.484 e. The first kappa shape index (κ1) is 14.5. The summed E-state index contributed by atoms with van der Waals surface area (Å²) in [7, 11) is 0. The monoisotopic (exact) mass is 337 g/mol. The predicted octanol–water partition coefficient (Wildman–Crippen LogP) is 3.91. The van der Waals surface area contributed by atoms with Gasteiger partial charge in [0.1, 0.15) is 11.6 Å². The van der Waals surface area contributed by atoms with Crippen molar-refractivity contribution in [2.24, 2.45) is 0 Å². The number of benzene rings is 2. The second-order valence-electron chi connectivity index (χ2n) is 4.25. The first-order valence-corrected chi connectivity index (χ1v) is 6.78. The molecule has 0 unspecified atom stereocenters. The zero-order chi connectivity index (χ0) is 14.5. The molecule has 0 aliphatic rings. The van der Waals surface area contributed by atoms with Gasteiger partial charge in [-0.3, -0.25) is 4.79 Å². The summed E-state index contributed by atoms with van der Waals surface area (Å²) in [6, 6.07) is 11.0. The van der Waals surface area contributed by atoms with Gasteiger partial charge in [0.25, 0.3) is 5.91 Å². The molecule has 1 amide bonds. The smallest absolute Gasteiger partial charge is 0.262 e. The highest BCUT2D eigenvalue weighted by molar-refractivity contribution is 9.10. The molecule has 0 atom stereocenters. The van der Waals surface area contributed by atoms with Gasteiger partial charge in [0, 0.05) is 10.2 Å². The van der Waals surface area contributed by atoms with Crippen LogP contribution in [0.4, 0.5) is 10.1 Å². The molecule has 2 aromatic carbocycles. The Morgan fingerprint density at radius 3 is 2.60 bits per heavy atom. The average Bonchev–Trinajstić information content (AvgIpc) is 2.42. The average molecular weight is 338 g/mol. The van der Waals surface area contributed by atoms with E-state index in [1.54, 1.807) is 6.07 Å². The van der Waals surface area contributed by atoms with Crippen LogP contribution in [0.2, 0.25) is 0 Å². The van der Waals surface area contributed by atoms with E-state index in [9.17, 15) is 9.18 Å². The maximum absolute atomic E-state index is 12.7. The molecule has 2 rings (SSSR count). The Hall–Kier alpha value is -1.88. The van der Waals surface area contributed by atoms with E-state index in [-0.39, 0.29) is 18.3 Å². The van der Waals surface area contributed by atoms with E-state index in [2.05, 4.69) is 21.2 Å². The highest BCUT2D eigenvalue weighted by Crippen LogP contribution is 2.20. The lowest BCUT2D eigenvalue weighted by Gasteiger charge is -2.08. The molecule has 0 aromatic heterocycles. The molecule has 0 fully saturated rings. The van der Waals surface area contributed by atoms with Crippen molar-refractivity contribution in [1.82, 2.24) is 0 Å². The highest BCUT2D eigenvalue weighted by Gasteiger charge is 2.05. The first-order valence-electron chi connectivity index (χ1n) is 5.99. The number of amides is 1. The number of anilines is 1. The third-order valence-corrected chi connectivity index (χ3v) is 3.52. The molecule has 2 aromatic rings. The number of ether oxygens (including phenoxy) is 1. The summed E-state index contributed by atoms with van der Waals surface area (Å²) >= 11 is 3.39. The number of carbonyl (C=O) groups is 1. The second kappa shape index (κ2) is 6.52. The lowest BCUT2D eigenvalue weighted by Crippen LogP contribution is -2.20. The van der Waals surface area contributed by atoms with Gasteiger partial charge >= 0.3 is 0 Å². The lowest BCUT2D eigenvalue weighted by molar-refractivity contribution is -0.118. The molecule has 0 heterocycles.